The van der Waals surface area contributed by atoms with Gasteiger partial charge in [0.25, 0.3) is 0 Å². The van der Waals surface area contributed by atoms with Gasteiger partial charge < -0.3 is 15.0 Å². The Kier molecular flexibility index (Phi) is 4.02. The molecule has 0 bridgehead atoms. The maximum Gasteiger partial charge on any atom is 0.223 e. The highest BCUT2D eigenvalue weighted by Crippen LogP contribution is 2.52. The first-order chi connectivity index (χ1) is 12.9. The number of ether oxygens (including phenoxy) is 1. The average Bonchev–Trinajstić information content (AvgIpc) is 2.84. The van der Waals surface area contributed by atoms with Crippen LogP contribution < -0.4 is 15.0 Å². The van der Waals surface area contributed by atoms with E-state index in [1.807, 2.05) is 24.3 Å². The SMILES string of the molecule is COc1ccc(/C=C/C23NC(=O)CCN2c2ccc(C)cc2C3(C)C)cc1. The molecule has 1 unspecified atom stereocenters. The van der Waals surface area contributed by atoms with Gasteiger partial charge >= 0.3 is 0 Å². The molecule has 2 aromatic rings. The fourth-order valence-corrected chi connectivity index (χ4v) is 4.40. The number of rotatable bonds is 3. The summed E-state index contributed by atoms with van der Waals surface area (Å²) in [4.78, 5) is 14.8. The highest BCUT2D eigenvalue weighted by atomic mass is 16.5. The normalized spacial score (nSPS) is 23.1. The molecule has 1 saturated heterocycles. The fourth-order valence-electron chi connectivity index (χ4n) is 4.40. The smallest absolute Gasteiger partial charge is 0.223 e. The second kappa shape index (κ2) is 6.15. The molecule has 2 aliphatic rings. The Morgan fingerprint density at radius 3 is 2.59 bits per heavy atom. The molecule has 4 rings (SSSR count). The summed E-state index contributed by atoms with van der Waals surface area (Å²) < 4.78 is 5.24. The topological polar surface area (TPSA) is 41.6 Å². The molecule has 2 aliphatic heterocycles. The number of carbonyl (C=O) groups excluding carboxylic acids is 1. The maximum atomic E-state index is 12.4. The molecule has 2 heterocycles. The van der Waals surface area contributed by atoms with Gasteiger partial charge in [0.2, 0.25) is 5.91 Å². The number of benzene rings is 2. The van der Waals surface area contributed by atoms with Gasteiger partial charge in [-0.1, -0.05) is 49.8 Å². The van der Waals surface area contributed by atoms with E-state index in [1.54, 1.807) is 7.11 Å². The third-order valence-corrected chi connectivity index (χ3v) is 6.02. The van der Waals surface area contributed by atoms with Crippen LogP contribution in [0.25, 0.3) is 6.08 Å². The number of hydrogen-bond acceptors (Lipinski definition) is 3. The third-order valence-electron chi connectivity index (χ3n) is 6.02. The summed E-state index contributed by atoms with van der Waals surface area (Å²) in [6.07, 6.45) is 4.77. The molecule has 0 aromatic heterocycles. The van der Waals surface area contributed by atoms with Gasteiger partial charge in [0.15, 0.2) is 0 Å². The monoisotopic (exact) mass is 362 g/mol. The quantitative estimate of drug-likeness (QED) is 0.896. The van der Waals surface area contributed by atoms with Crippen LogP contribution in [0.5, 0.6) is 5.75 Å². The molecule has 27 heavy (non-hydrogen) atoms. The van der Waals surface area contributed by atoms with Crippen LogP contribution in [0.2, 0.25) is 0 Å². The second-order valence-corrected chi connectivity index (χ2v) is 7.97. The van der Waals surface area contributed by atoms with Crippen molar-refractivity contribution in [2.45, 2.75) is 38.3 Å². The number of nitrogens with zero attached hydrogens (tertiary/aromatic N) is 1. The molecule has 0 saturated carbocycles. The van der Waals surface area contributed by atoms with Crippen molar-refractivity contribution in [2.24, 2.45) is 0 Å². The number of amides is 1. The van der Waals surface area contributed by atoms with Crippen LogP contribution in [0.4, 0.5) is 5.69 Å². The molecule has 140 valence electrons. The summed E-state index contributed by atoms with van der Waals surface area (Å²) in [5.41, 5.74) is 3.98. The third kappa shape index (κ3) is 2.62. The van der Waals surface area contributed by atoms with Crippen molar-refractivity contribution >= 4 is 17.7 Å². The second-order valence-electron chi connectivity index (χ2n) is 7.97. The molecule has 0 radical (unpaired) electrons. The molecule has 4 heteroatoms. The first-order valence-corrected chi connectivity index (χ1v) is 9.40. The minimum absolute atomic E-state index is 0.100. The van der Waals surface area contributed by atoms with Crippen molar-refractivity contribution in [3.63, 3.8) is 0 Å². The number of anilines is 1. The molecule has 1 N–H and O–H groups in total. The fraction of sp³-hybridized carbons (Fsp3) is 0.348. The van der Waals surface area contributed by atoms with Crippen molar-refractivity contribution < 1.29 is 9.53 Å². The Labute approximate surface area is 160 Å². The average molecular weight is 362 g/mol. The Morgan fingerprint density at radius 2 is 1.89 bits per heavy atom. The number of fused-ring (bicyclic) bond motifs is 3. The Hall–Kier alpha value is -2.75. The summed E-state index contributed by atoms with van der Waals surface area (Å²) in [6, 6.07) is 14.5. The van der Waals surface area contributed by atoms with Gasteiger partial charge in [-0.2, -0.15) is 0 Å². The van der Waals surface area contributed by atoms with E-state index in [9.17, 15) is 4.79 Å². The molecule has 0 spiro atoms. The highest BCUT2D eigenvalue weighted by Gasteiger charge is 2.57. The zero-order valence-electron chi connectivity index (χ0n) is 16.4. The zero-order chi connectivity index (χ0) is 19.2. The lowest BCUT2D eigenvalue weighted by Gasteiger charge is -2.49. The van der Waals surface area contributed by atoms with Crippen molar-refractivity contribution in [3.8, 4) is 5.75 Å². The number of carbonyl (C=O) groups is 1. The molecular formula is C23H26N2O2. The number of aryl methyl sites for hydroxylation is 1. The molecule has 2 aromatic carbocycles. The van der Waals surface area contributed by atoms with E-state index < -0.39 is 5.66 Å². The van der Waals surface area contributed by atoms with Crippen molar-refractivity contribution in [1.82, 2.24) is 5.32 Å². The summed E-state index contributed by atoms with van der Waals surface area (Å²) in [6.45, 7) is 7.27. The first kappa shape index (κ1) is 17.7. The lowest BCUT2D eigenvalue weighted by atomic mass is 9.74. The van der Waals surface area contributed by atoms with Gasteiger partial charge in [-0.05, 0) is 42.3 Å². The van der Waals surface area contributed by atoms with Crippen LogP contribution in [0.15, 0.2) is 48.5 Å². The minimum atomic E-state index is -0.571. The summed E-state index contributed by atoms with van der Waals surface area (Å²) in [7, 11) is 1.67. The number of nitrogens with one attached hydrogen (secondary N) is 1. The molecule has 0 aliphatic carbocycles. The van der Waals surface area contributed by atoms with Gasteiger partial charge in [0.1, 0.15) is 11.4 Å². The van der Waals surface area contributed by atoms with E-state index in [0.29, 0.717) is 6.42 Å². The van der Waals surface area contributed by atoms with Crippen LogP contribution in [0.1, 0.15) is 37.0 Å². The van der Waals surface area contributed by atoms with Crippen molar-refractivity contribution in [1.29, 1.82) is 0 Å². The lowest BCUT2D eigenvalue weighted by molar-refractivity contribution is -0.124. The Morgan fingerprint density at radius 1 is 1.15 bits per heavy atom. The van der Waals surface area contributed by atoms with E-state index in [0.717, 1.165) is 17.9 Å². The van der Waals surface area contributed by atoms with E-state index in [-0.39, 0.29) is 11.3 Å². The van der Waals surface area contributed by atoms with Gasteiger partial charge in [0.05, 0.1) is 7.11 Å². The maximum absolute atomic E-state index is 12.4. The zero-order valence-corrected chi connectivity index (χ0v) is 16.4. The molecule has 1 atom stereocenters. The lowest BCUT2D eigenvalue weighted by Crippen LogP contribution is -2.68. The van der Waals surface area contributed by atoms with E-state index >= 15 is 0 Å². The van der Waals surface area contributed by atoms with E-state index in [1.165, 1.54) is 16.8 Å². The van der Waals surface area contributed by atoms with Gasteiger partial charge in [-0.25, -0.2) is 0 Å². The minimum Gasteiger partial charge on any atom is -0.497 e. The van der Waals surface area contributed by atoms with Crippen LogP contribution in [-0.4, -0.2) is 25.2 Å². The standard InChI is InChI=1S/C23H26N2O2/c1-16-5-10-20-19(15-16)22(2,3)23(24-21(26)12-14-25(20)23)13-11-17-6-8-18(27-4)9-7-17/h5-11,13,15H,12,14H2,1-4H3,(H,24,26)/b13-11+. The van der Waals surface area contributed by atoms with Gasteiger partial charge in [0, 0.05) is 24.1 Å². The van der Waals surface area contributed by atoms with E-state index in [4.69, 9.17) is 4.74 Å². The summed E-state index contributed by atoms with van der Waals surface area (Å²) >= 11 is 0. The first-order valence-electron chi connectivity index (χ1n) is 9.40. The molecular weight excluding hydrogens is 336 g/mol. The Balaban J connectivity index is 1.81. The largest absolute Gasteiger partial charge is 0.497 e. The summed E-state index contributed by atoms with van der Waals surface area (Å²) in [5.74, 6) is 0.935. The van der Waals surface area contributed by atoms with Crippen molar-refractivity contribution in [3.05, 3.63) is 65.2 Å². The van der Waals surface area contributed by atoms with Crippen molar-refractivity contribution in [2.75, 3.05) is 18.6 Å². The van der Waals surface area contributed by atoms with E-state index in [2.05, 4.69) is 61.3 Å². The van der Waals surface area contributed by atoms with Gasteiger partial charge in [-0.15, -0.1) is 0 Å². The molecule has 4 nitrogen and oxygen atoms in total. The number of methoxy groups -OCH3 is 1. The molecule has 1 amide bonds. The van der Waals surface area contributed by atoms with Crippen LogP contribution in [-0.2, 0) is 10.2 Å². The van der Waals surface area contributed by atoms with Gasteiger partial charge in [-0.3, -0.25) is 4.79 Å². The van der Waals surface area contributed by atoms with Crippen LogP contribution >= 0.6 is 0 Å². The Bertz CT molecular complexity index is 914. The van der Waals surface area contributed by atoms with Crippen LogP contribution in [0, 0.1) is 6.92 Å². The predicted molar refractivity (Wildman–Crippen MR) is 109 cm³/mol. The highest BCUT2D eigenvalue weighted by molar-refractivity contribution is 5.84. The number of hydrogen-bond donors (Lipinski definition) is 1. The van der Waals surface area contributed by atoms with Crippen LogP contribution in [0.3, 0.4) is 0 Å². The summed E-state index contributed by atoms with van der Waals surface area (Å²) in [5, 5.41) is 3.32. The predicted octanol–water partition coefficient (Wildman–Crippen LogP) is 4.03. The molecule has 1 fully saturated rings.